The van der Waals surface area contributed by atoms with Crippen LogP contribution in [0, 0.1) is 0 Å². The molecule has 0 spiro atoms. The number of nitrogens with two attached hydrogens (primary N) is 2. The molecule has 0 fully saturated rings. The second-order valence-corrected chi connectivity index (χ2v) is 9.55. The van der Waals surface area contributed by atoms with Crippen LogP contribution in [0.15, 0.2) is 59.7 Å². The quantitative estimate of drug-likeness (QED) is 0.257. The average molecular weight is 618 g/mol. The van der Waals surface area contributed by atoms with Gasteiger partial charge in [-0.3, -0.25) is 23.7 Å². The van der Waals surface area contributed by atoms with Crippen LogP contribution in [0.2, 0.25) is 5.02 Å². The van der Waals surface area contributed by atoms with Gasteiger partial charge >= 0.3 is 6.18 Å². The number of nitrogens with one attached hydrogen (secondary N) is 1. The number of hydrogen-bond acceptors (Lipinski definition) is 7. The summed E-state index contributed by atoms with van der Waals surface area (Å²) in [7, 11) is 1.31. The smallest absolute Gasteiger partial charge is 0.436 e. The zero-order valence-corrected chi connectivity index (χ0v) is 23.2. The Morgan fingerprint density at radius 3 is 2.30 bits per heavy atom. The summed E-state index contributed by atoms with van der Waals surface area (Å²) in [6, 6.07) is 8.10. The van der Waals surface area contributed by atoms with Gasteiger partial charge in [0.1, 0.15) is 11.8 Å². The number of primary amides is 2. The van der Waals surface area contributed by atoms with Gasteiger partial charge in [0.05, 0.1) is 36.3 Å². The van der Waals surface area contributed by atoms with Crippen molar-refractivity contribution in [2.75, 3.05) is 12.4 Å². The van der Waals surface area contributed by atoms with E-state index in [1.54, 1.807) is 6.92 Å². The molecule has 0 aliphatic carbocycles. The fraction of sp³-hybridized carbons (Fsp3) is 0.185. The predicted molar refractivity (Wildman–Crippen MR) is 149 cm³/mol. The molecule has 5 N–H and O–H groups in total. The van der Waals surface area contributed by atoms with Gasteiger partial charge in [-0.2, -0.15) is 13.2 Å². The molecule has 2 aromatic carbocycles. The number of carbonyl (C=O) groups excluding carboxylic acids is 3. The third-order valence-electron chi connectivity index (χ3n) is 6.39. The number of nitrogens with zero attached hydrogens (tertiary/aromatic N) is 4. The first-order valence-electron chi connectivity index (χ1n) is 12.4. The van der Waals surface area contributed by atoms with E-state index in [2.05, 4.69) is 15.6 Å². The number of rotatable bonds is 9. The van der Waals surface area contributed by atoms with E-state index >= 15 is 0 Å². The first-order valence-corrected chi connectivity index (χ1v) is 12.8. The number of hydrogen-bond donors (Lipinski definition) is 3. The first-order chi connectivity index (χ1) is 20.2. The molecule has 12 nitrogen and oxygen atoms in total. The number of carbonyl (C=O) groups is 3. The SMILES string of the molecule is CC[C@@H](C(=O)Nc1ccc(C(N)=O)c(C(N)=O)c1)n1cc(OC)c(-c2cc(Cl)ccc2-n2cc(C(F)(F)F)nn2)cc1=O. The zero-order chi connectivity index (χ0) is 31.6. The molecule has 0 radical (unpaired) electrons. The Morgan fingerprint density at radius 2 is 1.72 bits per heavy atom. The summed E-state index contributed by atoms with van der Waals surface area (Å²) in [6.07, 6.45) is -2.62. The standard InChI is InChI=1S/C27H23ClF3N7O5/c1-3-19(26(42)34-14-5-6-15(24(32)40)18(9-14)25(33)41)37-11-21(43-2)17(10-23(37)39)16-8-13(28)4-7-20(16)38-12-22(35-36-38)27(29,30)31/h4-12,19H,3H2,1-2H3,(H2,32,40)(H2,33,41)(H,34,42)/t19-/m0/s1. The van der Waals surface area contributed by atoms with Gasteiger partial charge in [-0.15, -0.1) is 5.10 Å². The number of benzene rings is 2. The van der Waals surface area contributed by atoms with Gasteiger partial charge in [-0.1, -0.05) is 23.7 Å². The van der Waals surface area contributed by atoms with E-state index in [4.69, 9.17) is 27.8 Å². The van der Waals surface area contributed by atoms with Crippen molar-refractivity contribution in [3.63, 3.8) is 0 Å². The molecule has 4 aromatic rings. The van der Waals surface area contributed by atoms with Crippen LogP contribution >= 0.6 is 11.6 Å². The molecule has 16 heteroatoms. The molecule has 1 atom stereocenters. The second kappa shape index (κ2) is 12.0. The number of ether oxygens (including phenoxy) is 1. The molecular formula is C27H23ClF3N7O5. The van der Waals surface area contributed by atoms with Gasteiger partial charge in [-0.25, -0.2) is 4.68 Å². The van der Waals surface area contributed by atoms with Gasteiger partial charge in [0.25, 0.3) is 5.56 Å². The van der Waals surface area contributed by atoms with Gasteiger partial charge in [0, 0.05) is 27.9 Å². The third-order valence-corrected chi connectivity index (χ3v) is 6.62. The van der Waals surface area contributed by atoms with Gasteiger partial charge in [0.15, 0.2) is 5.69 Å². The highest BCUT2D eigenvalue weighted by atomic mass is 35.5. The molecular weight excluding hydrogens is 595 g/mol. The summed E-state index contributed by atoms with van der Waals surface area (Å²) >= 11 is 6.19. The molecule has 43 heavy (non-hydrogen) atoms. The van der Waals surface area contributed by atoms with Crippen molar-refractivity contribution in [2.24, 2.45) is 11.5 Å². The fourth-order valence-electron chi connectivity index (χ4n) is 4.36. The maximum Gasteiger partial charge on any atom is 0.436 e. The fourth-order valence-corrected chi connectivity index (χ4v) is 4.53. The van der Waals surface area contributed by atoms with E-state index in [0.29, 0.717) is 6.20 Å². The summed E-state index contributed by atoms with van der Waals surface area (Å²) in [5.74, 6) is -2.38. The van der Waals surface area contributed by atoms with E-state index in [-0.39, 0.29) is 50.8 Å². The highest BCUT2D eigenvalue weighted by Crippen LogP contribution is 2.36. The van der Waals surface area contributed by atoms with Gasteiger partial charge in [-0.05, 0) is 42.8 Å². The number of alkyl halides is 3. The van der Waals surface area contributed by atoms with Crippen LogP contribution < -0.4 is 27.1 Å². The van der Waals surface area contributed by atoms with Crippen LogP contribution in [0.3, 0.4) is 0 Å². The van der Waals surface area contributed by atoms with Gasteiger partial charge < -0.3 is 21.5 Å². The molecule has 2 heterocycles. The Bertz CT molecular complexity index is 1800. The van der Waals surface area contributed by atoms with Gasteiger partial charge in [0.2, 0.25) is 17.7 Å². The average Bonchev–Trinajstić information content (AvgIpc) is 3.45. The van der Waals surface area contributed by atoms with Crippen LogP contribution in [0.1, 0.15) is 45.8 Å². The number of pyridine rings is 1. The highest BCUT2D eigenvalue weighted by Gasteiger charge is 2.35. The lowest BCUT2D eigenvalue weighted by atomic mass is 10.0. The minimum atomic E-state index is -4.73. The lowest BCUT2D eigenvalue weighted by Crippen LogP contribution is -2.33. The van der Waals surface area contributed by atoms with Crippen LogP contribution in [0.25, 0.3) is 16.8 Å². The monoisotopic (exact) mass is 617 g/mol. The Labute approximate surface area is 246 Å². The van der Waals surface area contributed by atoms with E-state index in [1.807, 2.05) is 0 Å². The van der Waals surface area contributed by atoms with Crippen molar-refractivity contribution < 1.29 is 32.3 Å². The first kappa shape index (κ1) is 30.8. The molecule has 0 aliphatic rings. The molecule has 0 saturated carbocycles. The lowest BCUT2D eigenvalue weighted by molar-refractivity contribution is -0.141. The van der Waals surface area contributed by atoms with E-state index in [9.17, 15) is 32.3 Å². The molecule has 0 saturated heterocycles. The van der Waals surface area contributed by atoms with Crippen molar-refractivity contribution in [1.82, 2.24) is 19.6 Å². The van der Waals surface area contributed by atoms with E-state index in [0.717, 1.165) is 15.3 Å². The molecule has 224 valence electrons. The predicted octanol–water partition coefficient (Wildman–Crippen LogP) is 3.56. The maximum absolute atomic E-state index is 13.4. The molecule has 3 amide bonds. The Morgan fingerprint density at radius 1 is 1.02 bits per heavy atom. The summed E-state index contributed by atoms with van der Waals surface area (Å²) < 4.78 is 47.0. The number of methoxy groups -OCH3 is 1. The summed E-state index contributed by atoms with van der Waals surface area (Å²) in [4.78, 5) is 50.0. The minimum Gasteiger partial charge on any atom is -0.495 e. The largest absolute Gasteiger partial charge is 0.495 e. The van der Waals surface area contributed by atoms with Crippen molar-refractivity contribution in [3.05, 3.63) is 87.1 Å². The van der Waals surface area contributed by atoms with Crippen molar-refractivity contribution in [2.45, 2.75) is 25.6 Å². The summed E-state index contributed by atoms with van der Waals surface area (Å²) in [6.45, 7) is 1.65. The van der Waals surface area contributed by atoms with Crippen LogP contribution in [-0.4, -0.2) is 44.4 Å². The molecule has 0 bridgehead atoms. The second-order valence-electron chi connectivity index (χ2n) is 9.11. The minimum absolute atomic E-state index is 0.0901. The number of anilines is 1. The molecule has 0 unspecified atom stereocenters. The van der Waals surface area contributed by atoms with Crippen LogP contribution in [0.4, 0.5) is 18.9 Å². The number of amides is 3. The topological polar surface area (TPSA) is 177 Å². The number of halogens is 4. The Kier molecular flexibility index (Phi) is 8.57. The highest BCUT2D eigenvalue weighted by molar-refractivity contribution is 6.31. The van der Waals surface area contributed by atoms with Crippen molar-refractivity contribution in [3.8, 4) is 22.6 Å². The normalized spacial score (nSPS) is 12.0. The third kappa shape index (κ3) is 6.35. The van der Waals surface area contributed by atoms with E-state index in [1.165, 1.54) is 49.7 Å². The Balaban J connectivity index is 1.74. The van der Waals surface area contributed by atoms with Crippen molar-refractivity contribution >= 4 is 35.0 Å². The summed E-state index contributed by atoms with van der Waals surface area (Å²) in [5, 5.41) is 9.55. The number of aromatic nitrogens is 4. The lowest BCUT2D eigenvalue weighted by Gasteiger charge is -2.21. The maximum atomic E-state index is 13.4. The van der Waals surface area contributed by atoms with Crippen LogP contribution in [-0.2, 0) is 11.0 Å². The van der Waals surface area contributed by atoms with E-state index < -0.39 is 41.2 Å². The van der Waals surface area contributed by atoms with Crippen molar-refractivity contribution in [1.29, 1.82) is 0 Å². The Hall–Kier alpha value is -5.18. The molecule has 4 rings (SSSR count). The zero-order valence-electron chi connectivity index (χ0n) is 22.5. The van der Waals surface area contributed by atoms with Crippen LogP contribution in [0.5, 0.6) is 5.75 Å². The summed E-state index contributed by atoms with van der Waals surface area (Å²) in [5.41, 5.74) is 9.01. The molecule has 0 aliphatic heterocycles. The molecule has 2 aromatic heterocycles.